The Hall–Kier alpha value is -1.84. The lowest BCUT2D eigenvalue weighted by Crippen LogP contribution is -2.66. The minimum atomic E-state index is -1.02. The predicted molar refractivity (Wildman–Crippen MR) is 104 cm³/mol. The van der Waals surface area contributed by atoms with E-state index >= 15 is 0 Å². The van der Waals surface area contributed by atoms with Gasteiger partial charge in [0.15, 0.2) is 0 Å². The number of aromatic hydroxyl groups is 1. The minimum Gasteiger partial charge on any atom is -0.508 e. The molecule has 2 aromatic rings. The van der Waals surface area contributed by atoms with Gasteiger partial charge in [-0.05, 0) is 73.8 Å². The molecule has 0 aliphatic heterocycles. The second kappa shape index (κ2) is 5.83. The molecule has 2 aliphatic carbocycles. The molecule has 4 N–H and O–H groups in total. The highest BCUT2D eigenvalue weighted by Crippen LogP contribution is 2.59. The molecule has 3 unspecified atom stereocenters. The average Bonchev–Trinajstić information content (AvgIpc) is 2.63. The van der Waals surface area contributed by atoms with Crippen molar-refractivity contribution in [2.45, 2.75) is 62.5 Å². The monoisotopic (exact) mass is 351 g/mol. The highest BCUT2D eigenvalue weighted by Gasteiger charge is 2.59. The van der Waals surface area contributed by atoms with Crippen LogP contribution in [0.5, 0.6) is 5.75 Å². The van der Waals surface area contributed by atoms with Crippen molar-refractivity contribution in [3.63, 3.8) is 0 Å². The zero-order valence-corrected chi connectivity index (χ0v) is 15.7. The lowest BCUT2D eigenvalue weighted by Gasteiger charge is -2.59. The standard InChI is InChI=1S/C23H29NO2/c1-3-22-15-21(2,24)23(26,17-7-5-4-6-8-17)14-18(22)10-9-16-13-19(25)11-12-20(16)22/h4-8,11-13,18,25-26H,3,9-10,14-15,24H2,1-2H3/t18-,21?,22?,23?/m1/s1. The third kappa shape index (κ3) is 2.34. The Kier molecular flexibility index (Phi) is 3.94. The zero-order valence-electron chi connectivity index (χ0n) is 15.7. The van der Waals surface area contributed by atoms with Crippen LogP contribution in [0.3, 0.4) is 0 Å². The van der Waals surface area contributed by atoms with Gasteiger partial charge in [-0.3, -0.25) is 0 Å². The minimum absolute atomic E-state index is 0.0359. The van der Waals surface area contributed by atoms with E-state index in [1.807, 2.05) is 43.3 Å². The van der Waals surface area contributed by atoms with Crippen LogP contribution in [0.4, 0.5) is 0 Å². The molecule has 4 rings (SSSR count). The Balaban J connectivity index is 1.83. The first-order valence-corrected chi connectivity index (χ1v) is 9.71. The van der Waals surface area contributed by atoms with E-state index in [1.165, 1.54) is 11.1 Å². The molecule has 3 nitrogen and oxygen atoms in total. The fraction of sp³-hybridized carbons (Fsp3) is 0.478. The molecule has 0 amide bonds. The van der Waals surface area contributed by atoms with Crippen molar-refractivity contribution in [2.24, 2.45) is 11.7 Å². The summed E-state index contributed by atoms with van der Waals surface area (Å²) in [7, 11) is 0. The van der Waals surface area contributed by atoms with Crippen LogP contribution in [0.1, 0.15) is 56.2 Å². The van der Waals surface area contributed by atoms with Crippen molar-refractivity contribution in [3.05, 3.63) is 65.2 Å². The third-order valence-corrected chi connectivity index (χ3v) is 7.22. The number of benzene rings is 2. The lowest BCUT2D eigenvalue weighted by atomic mass is 9.48. The first kappa shape index (κ1) is 17.6. The van der Waals surface area contributed by atoms with Crippen LogP contribution in [-0.4, -0.2) is 15.8 Å². The second-order valence-electron chi connectivity index (χ2n) is 8.61. The van der Waals surface area contributed by atoms with Gasteiger partial charge < -0.3 is 15.9 Å². The number of nitrogens with two attached hydrogens (primary N) is 1. The van der Waals surface area contributed by atoms with E-state index in [0.717, 1.165) is 31.2 Å². The SMILES string of the molecule is CCC12CC(C)(N)C(O)(c3ccccc3)C[C@H]1CCc1cc(O)ccc12. The van der Waals surface area contributed by atoms with Crippen molar-refractivity contribution in [1.82, 2.24) is 0 Å². The molecule has 0 bridgehead atoms. The number of phenols is 1. The maximum atomic E-state index is 11.7. The Morgan fingerprint density at radius 3 is 2.58 bits per heavy atom. The van der Waals surface area contributed by atoms with Crippen LogP contribution in [-0.2, 0) is 17.4 Å². The van der Waals surface area contributed by atoms with Gasteiger partial charge in [0.25, 0.3) is 0 Å². The summed E-state index contributed by atoms with van der Waals surface area (Å²) in [5.41, 5.74) is 8.54. The number of fused-ring (bicyclic) bond motifs is 3. The molecule has 3 heteroatoms. The van der Waals surface area contributed by atoms with E-state index in [4.69, 9.17) is 5.73 Å². The maximum Gasteiger partial charge on any atom is 0.115 e. The van der Waals surface area contributed by atoms with Gasteiger partial charge in [-0.1, -0.05) is 43.3 Å². The Bertz CT molecular complexity index is 816. The van der Waals surface area contributed by atoms with Gasteiger partial charge in [0.1, 0.15) is 11.4 Å². The number of aryl methyl sites for hydroxylation is 1. The molecule has 0 spiro atoms. The Labute approximate surface area is 155 Å². The van der Waals surface area contributed by atoms with Crippen molar-refractivity contribution in [2.75, 3.05) is 0 Å². The molecule has 0 heterocycles. The van der Waals surface area contributed by atoms with E-state index in [1.54, 1.807) is 6.07 Å². The summed E-state index contributed by atoms with van der Waals surface area (Å²) in [6.45, 7) is 4.24. The van der Waals surface area contributed by atoms with Crippen LogP contribution in [0.2, 0.25) is 0 Å². The van der Waals surface area contributed by atoms with Crippen molar-refractivity contribution in [1.29, 1.82) is 0 Å². The summed E-state index contributed by atoms with van der Waals surface area (Å²) in [5.74, 6) is 0.715. The van der Waals surface area contributed by atoms with Crippen molar-refractivity contribution < 1.29 is 10.2 Å². The van der Waals surface area contributed by atoms with Crippen molar-refractivity contribution in [3.8, 4) is 5.75 Å². The van der Waals surface area contributed by atoms with Crippen LogP contribution < -0.4 is 5.73 Å². The highest BCUT2D eigenvalue weighted by atomic mass is 16.3. The van der Waals surface area contributed by atoms with Gasteiger partial charge in [-0.15, -0.1) is 0 Å². The van der Waals surface area contributed by atoms with E-state index in [9.17, 15) is 10.2 Å². The average molecular weight is 351 g/mol. The normalized spacial score (nSPS) is 36.2. The van der Waals surface area contributed by atoms with Crippen molar-refractivity contribution >= 4 is 0 Å². The van der Waals surface area contributed by atoms with Crippen LogP contribution in [0.15, 0.2) is 48.5 Å². The number of aliphatic hydroxyl groups is 1. The van der Waals surface area contributed by atoms with Gasteiger partial charge in [0.05, 0.1) is 0 Å². The molecule has 0 aromatic heterocycles. The molecule has 4 atom stereocenters. The topological polar surface area (TPSA) is 66.5 Å². The molecule has 0 saturated heterocycles. The highest BCUT2D eigenvalue weighted by molar-refractivity contribution is 5.45. The van der Waals surface area contributed by atoms with Gasteiger partial charge >= 0.3 is 0 Å². The lowest BCUT2D eigenvalue weighted by molar-refractivity contribution is -0.113. The van der Waals surface area contributed by atoms with Gasteiger partial charge in [0, 0.05) is 11.0 Å². The number of hydrogen-bond donors (Lipinski definition) is 3. The fourth-order valence-corrected chi connectivity index (χ4v) is 5.79. The zero-order chi connectivity index (χ0) is 18.6. The smallest absolute Gasteiger partial charge is 0.115 e. The van der Waals surface area contributed by atoms with Gasteiger partial charge in [0.2, 0.25) is 0 Å². The van der Waals surface area contributed by atoms with E-state index in [2.05, 4.69) is 13.0 Å². The summed E-state index contributed by atoms with van der Waals surface area (Å²) in [6, 6.07) is 15.7. The van der Waals surface area contributed by atoms with E-state index < -0.39 is 11.1 Å². The van der Waals surface area contributed by atoms with E-state index in [-0.39, 0.29) is 5.41 Å². The molecule has 0 radical (unpaired) electrons. The second-order valence-corrected chi connectivity index (χ2v) is 8.61. The first-order valence-electron chi connectivity index (χ1n) is 9.71. The molecule has 2 aliphatic rings. The van der Waals surface area contributed by atoms with Gasteiger partial charge in [-0.2, -0.15) is 0 Å². The molecular weight excluding hydrogens is 322 g/mol. The summed E-state index contributed by atoms with van der Waals surface area (Å²) in [4.78, 5) is 0. The fourth-order valence-electron chi connectivity index (χ4n) is 5.79. The first-order chi connectivity index (χ1) is 12.3. The molecule has 2 aromatic carbocycles. The molecule has 1 fully saturated rings. The molecule has 1 saturated carbocycles. The van der Waals surface area contributed by atoms with Crippen LogP contribution in [0, 0.1) is 5.92 Å². The largest absolute Gasteiger partial charge is 0.508 e. The van der Waals surface area contributed by atoms with Crippen LogP contribution in [0.25, 0.3) is 0 Å². The quantitative estimate of drug-likeness (QED) is 0.766. The Morgan fingerprint density at radius 2 is 1.88 bits per heavy atom. The molecular formula is C23H29NO2. The number of rotatable bonds is 2. The molecule has 138 valence electrons. The summed E-state index contributed by atoms with van der Waals surface area (Å²) in [5, 5.41) is 21.7. The number of hydrogen-bond acceptors (Lipinski definition) is 3. The van der Waals surface area contributed by atoms with Crippen LogP contribution >= 0.6 is 0 Å². The maximum absolute atomic E-state index is 11.7. The molecule has 26 heavy (non-hydrogen) atoms. The van der Waals surface area contributed by atoms with E-state index in [0.29, 0.717) is 18.1 Å². The predicted octanol–water partition coefficient (Wildman–Crippen LogP) is 4.00. The summed E-state index contributed by atoms with van der Waals surface area (Å²) < 4.78 is 0. The number of phenolic OH excluding ortho intramolecular Hbond substituents is 1. The summed E-state index contributed by atoms with van der Waals surface area (Å²) in [6.07, 6.45) is 4.38. The van der Waals surface area contributed by atoms with Gasteiger partial charge in [-0.25, -0.2) is 0 Å². The summed E-state index contributed by atoms with van der Waals surface area (Å²) >= 11 is 0. The third-order valence-electron chi connectivity index (χ3n) is 7.22. The Morgan fingerprint density at radius 1 is 1.15 bits per heavy atom.